The average Bonchev–Trinajstić information content (AvgIpc) is 3.12. The summed E-state index contributed by atoms with van der Waals surface area (Å²) in [6.07, 6.45) is 1.60. The number of aryl methyl sites for hydroxylation is 2. The van der Waals surface area contributed by atoms with Crippen LogP contribution in [-0.2, 0) is 0 Å². The highest BCUT2D eigenvalue weighted by Gasteiger charge is 2.25. The first-order valence-electron chi connectivity index (χ1n) is 10.1. The first-order chi connectivity index (χ1) is 14.5. The molecule has 0 N–H and O–H groups in total. The standard InChI is InChI=1S/C22H25N5O2S/c1-4-29-18-7-5-17(6-8-18)19-13-20(24-14-23-19)26-9-11-27(12-10-26)22(28)21-15(2)25-16(3)30-21/h5-8,13-14H,4,9-12H2,1-3H3. The predicted molar refractivity (Wildman–Crippen MR) is 118 cm³/mol. The van der Waals surface area contributed by atoms with E-state index >= 15 is 0 Å². The normalized spacial score (nSPS) is 14.1. The van der Waals surface area contributed by atoms with Crippen LogP contribution in [0, 0.1) is 13.8 Å². The summed E-state index contributed by atoms with van der Waals surface area (Å²) < 4.78 is 5.51. The number of carbonyl (C=O) groups is 1. The summed E-state index contributed by atoms with van der Waals surface area (Å²) in [5, 5.41) is 0.928. The first-order valence-corrected chi connectivity index (χ1v) is 10.9. The van der Waals surface area contributed by atoms with Gasteiger partial charge in [0, 0.05) is 37.8 Å². The zero-order chi connectivity index (χ0) is 21.1. The summed E-state index contributed by atoms with van der Waals surface area (Å²) in [6, 6.07) is 9.92. The van der Waals surface area contributed by atoms with Crippen LogP contribution in [0.4, 0.5) is 5.82 Å². The van der Waals surface area contributed by atoms with Gasteiger partial charge in [-0.2, -0.15) is 0 Å². The van der Waals surface area contributed by atoms with Gasteiger partial charge in [0.15, 0.2) is 0 Å². The predicted octanol–water partition coefficient (Wildman–Crippen LogP) is 3.58. The molecule has 0 spiro atoms. The van der Waals surface area contributed by atoms with E-state index in [4.69, 9.17) is 4.74 Å². The monoisotopic (exact) mass is 423 g/mol. The van der Waals surface area contributed by atoms with Crippen LogP contribution >= 0.6 is 11.3 Å². The molecule has 1 aliphatic rings. The van der Waals surface area contributed by atoms with E-state index in [1.807, 2.05) is 56.0 Å². The quantitative estimate of drug-likeness (QED) is 0.625. The lowest BCUT2D eigenvalue weighted by molar-refractivity contribution is 0.0750. The van der Waals surface area contributed by atoms with Gasteiger partial charge in [-0.25, -0.2) is 15.0 Å². The van der Waals surface area contributed by atoms with Gasteiger partial charge in [-0.15, -0.1) is 11.3 Å². The number of hydrogen-bond acceptors (Lipinski definition) is 7. The average molecular weight is 424 g/mol. The van der Waals surface area contributed by atoms with Gasteiger partial charge < -0.3 is 14.5 Å². The Hall–Kier alpha value is -3.00. The van der Waals surface area contributed by atoms with Gasteiger partial charge in [0.2, 0.25) is 0 Å². The molecule has 1 fully saturated rings. The van der Waals surface area contributed by atoms with E-state index < -0.39 is 0 Å². The van der Waals surface area contributed by atoms with E-state index in [2.05, 4.69) is 19.9 Å². The van der Waals surface area contributed by atoms with Crippen molar-refractivity contribution in [3.8, 4) is 17.0 Å². The summed E-state index contributed by atoms with van der Waals surface area (Å²) in [6.45, 7) is 9.25. The number of ether oxygens (including phenoxy) is 1. The van der Waals surface area contributed by atoms with E-state index in [1.165, 1.54) is 11.3 Å². The fraction of sp³-hybridized carbons (Fsp3) is 0.364. The zero-order valence-electron chi connectivity index (χ0n) is 17.5. The first kappa shape index (κ1) is 20.3. The van der Waals surface area contributed by atoms with Crippen molar-refractivity contribution in [1.82, 2.24) is 19.9 Å². The van der Waals surface area contributed by atoms with Crippen LogP contribution in [0.2, 0.25) is 0 Å². The molecule has 4 rings (SSSR count). The number of amides is 1. The molecule has 0 bridgehead atoms. The van der Waals surface area contributed by atoms with E-state index in [0.29, 0.717) is 19.7 Å². The number of anilines is 1. The molecule has 0 radical (unpaired) electrons. The molecule has 0 atom stereocenters. The van der Waals surface area contributed by atoms with Crippen LogP contribution < -0.4 is 9.64 Å². The van der Waals surface area contributed by atoms with Crippen LogP contribution in [0.5, 0.6) is 5.75 Å². The van der Waals surface area contributed by atoms with Gasteiger partial charge in [-0.3, -0.25) is 4.79 Å². The Bertz CT molecular complexity index is 1030. The summed E-state index contributed by atoms with van der Waals surface area (Å²) in [4.78, 5) is 31.0. The number of hydrogen-bond donors (Lipinski definition) is 0. The molecule has 0 unspecified atom stereocenters. The molecule has 3 heterocycles. The minimum atomic E-state index is 0.0792. The molecular weight excluding hydrogens is 398 g/mol. The fourth-order valence-corrected chi connectivity index (χ4v) is 4.47. The number of piperazine rings is 1. The SMILES string of the molecule is CCOc1ccc(-c2cc(N3CCN(C(=O)c4sc(C)nc4C)CC3)ncn2)cc1. The maximum Gasteiger partial charge on any atom is 0.265 e. The van der Waals surface area contributed by atoms with Crippen LogP contribution in [-0.4, -0.2) is 58.5 Å². The topological polar surface area (TPSA) is 71.5 Å². The lowest BCUT2D eigenvalue weighted by atomic mass is 10.1. The molecule has 3 aromatic rings. The Morgan fingerprint density at radius 3 is 2.47 bits per heavy atom. The summed E-state index contributed by atoms with van der Waals surface area (Å²) in [5.41, 5.74) is 2.71. The molecule has 156 valence electrons. The second-order valence-corrected chi connectivity index (χ2v) is 8.35. The van der Waals surface area contributed by atoms with Crippen molar-refractivity contribution >= 4 is 23.1 Å². The number of aromatic nitrogens is 3. The Morgan fingerprint density at radius 1 is 1.10 bits per heavy atom. The van der Waals surface area contributed by atoms with E-state index in [1.54, 1.807) is 6.33 Å². The van der Waals surface area contributed by atoms with Crippen LogP contribution in [0.15, 0.2) is 36.7 Å². The number of benzene rings is 1. The Balaban J connectivity index is 1.43. The molecule has 0 saturated carbocycles. The lowest BCUT2D eigenvalue weighted by Crippen LogP contribution is -2.49. The lowest BCUT2D eigenvalue weighted by Gasteiger charge is -2.35. The fourth-order valence-electron chi connectivity index (χ4n) is 3.58. The third kappa shape index (κ3) is 4.28. The van der Waals surface area contributed by atoms with Gasteiger partial charge in [-0.1, -0.05) is 0 Å². The van der Waals surface area contributed by atoms with E-state index in [9.17, 15) is 4.79 Å². The Labute approximate surface area is 180 Å². The maximum atomic E-state index is 12.8. The van der Waals surface area contributed by atoms with E-state index in [0.717, 1.165) is 51.5 Å². The molecule has 1 aliphatic heterocycles. The third-order valence-electron chi connectivity index (χ3n) is 5.10. The highest BCUT2D eigenvalue weighted by atomic mass is 32.1. The second-order valence-electron chi connectivity index (χ2n) is 7.15. The maximum absolute atomic E-state index is 12.8. The van der Waals surface area contributed by atoms with Crippen molar-refractivity contribution in [2.45, 2.75) is 20.8 Å². The molecule has 1 aromatic carbocycles. The number of carbonyl (C=O) groups excluding carboxylic acids is 1. The number of thiazole rings is 1. The molecule has 8 heteroatoms. The molecule has 1 amide bonds. The zero-order valence-corrected chi connectivity index (χ0v) is 18.3. The second kappa shape index (κ2) is 8.79. The van der Waals surface area contributed by atoms with Crippen molar-refractivity contribution in [1.29, 1.82) is 0 Å². The van der Waals surface area contributed by atoms with Crippen molar-refractivity contribution in [2.75, 3.05) is 37.7 Å². The largest absolute Gasteiger partial charge is 0.494 e. The van der Waals surface area contributed by atoms with Crippen LogP contribution in [0.1, 0.15) is 27.3 Å². The van der Waals surface area contributed by atoms with Crippen molar-refractivity contribution in [3.05, 3.63) is 52.2 Å². The Morgan fingerprint density at radius 2 is 1.83 bits per heavy atom. The van der Waals surface area contributed by atoms with Gasteiger partial charge in [-0.05, 0) is 45.0 Å². The minimum absolute atomic E-state index is 0.0792. The van der Waals surface area contributed by atoms with Crippen LogP contribution in [0.25, 0.3) is 11.3 Å². The minimum Gasteiger partial charge on any atom is -0.494 e. The van der Waals surface area contributed by atoms with Crippen molar-refractivity contribution in [2.24, 2.45) is 0 Å². The molecule has 30 heavy (non-hydrogen) atoms. The van der Waals surface area contributed by atoms with Gasteiger partial charge in [0.25, 0.3) is 5.91 Å². The summed E-state index contributed by atoms with van der Waals surface area (Å²) in [7, 11) is 0. The Kier molecular flexibility index (Phi) is 5.94. The molecule has 2 aromatic heterocycles. The van der Waals surface area contributed by atoms with Gasteiger partial charge >= 0.3 is 0 Å². The summed E-state index contributed by atoms with van der Waals surface area (Å²) in [5.74, 6) is 1.81. The third-order valence-corrected chi connectivity index (χ3v) is 6.16. The highest BCUT2D eigenvalue weighted by Crippen LogP contribution is 2.25. The van der Waals surface area contributed by atoms with Crippen LogP contribution in [0.3, 0.4) is 0 Å². The van der Waals surface area contributed by atoms with Crippen molar-refractivity contribution in [3.63, 3.8) is 0 Å². The number of nitrogens with zero attached hydrogens (tertiary/aromatic N) is 5. The summed E-state index contributed by atoms with van der Waals surface area (Å²) >= 11 is 1.47. The van der Waals surface area contributed by atoms with Gasteiger partial charge in [0.05, 0.1) is 23.0 Å². The van der Waals surface area contributed by atoms with Crippen molar-refractivity contribution < 1.29 is 9.53 Å². The van der Waals surface area contributed by atoms with Gasteiger partial charge in [0.1, 0.15) is 22.8 Å². The molecular formula is C22H25N5O2S. The smallest absolute Gasteiger partial charge is 0.265 e. The molecule has 1 saturated heterocycles. The molecule has 0 aliphatic carbocycles. The number of rotatable bonds is 5. The van der Waals surface area contributed by atoms with E-state index in [-0.39, 0.29) is 5.91 Å². The molecule has 7 nitrogen and oxygen atoms in total. The highest BCUT2D eigenvalue weighted by molar-refractivity contribution is 7.13.